The molecule has 5 nitrogen and oxygen atoms in total. The second-order valence-electron chi connectivity index (χ2n) is 6.59. The molecule has 0 saturated carbocycles. The summed E-state index contributed by atoms with van der Waals surface area (Å²) in [6.07, 6.45) is 3.28. The molecule has 0 fully saturated rings. The van der Waals surface area contributed by atoms with Crippen molar-refractivity contribution >= 4 is 46.3 Å². The van der Waals surface area contributed by atoms with Crippen LogP contribution in [0.5, 0.6) is 0 Å². The molecule has 2 aromatic heterocycles. The van der Waals surface area contributed by atoms with Crippen molar-refractivity contribution in [3.63, 3.8) is 0 Å². The van der Waals surface area contributed by atoms with E-state index < -0.39 is 5.25 Å². The monoisotopic (exact) mass is 445 g/mol. The van der Waals surface area contributed by atoms with Crippen LogP contribution < -0.4 is 10.6 Å². The summed E-state index contributed by atoms with van der Waals surface area (Å²) >= 11 is 2.82. The van der Waals surface area contributed by atoms with Crippen molar-refractivity contribution in [1.29, 1.82) is 0 Å². The number of nitrogens with one attached hydrogen (secondary N) is 2. The summed E-state index contributed by atoms with van der Waals surface area (Å²) < 4.78 is 0. The third-order valence-electron chi connectivity index (χ3n) is 4.38. The van der Waals surface area contributed by atoms with Gasteiger partial charge in [-0.25, -0.2) is 0 Å². The third-order valence-corrected chi connectivity index (χ3v) is 6.50. The van der Waals surface area contributed by atoms with Gasteiger partial charge in [0, 0.05) is 28.7 Å². The van der Waals surface area contributed by atoms with Gasteiger partial charge in [0.05, 0.1) is 4.88 Å². The predicted molar refractivity (Wildman–Crippen MR) is 127 cm³/mol. The summed E-state index contributed by atoms with van der Waals surface area (Å²) in [5.74, 6) is -0.275. The molecule has 0 radical (unpaired) electrons. The molecule has 4 rings (SSSR count). The van der Waals surface area contributed by atoms with E-state index in [4.69, 9.17) is 0 Å². The van der Waals surface area contributed by atoms with Gasteiger partial charge in [0.25, 0.3) is 5.91 Å². The van der Waals surface area contributed by atoms with Gasteiger partial charge in [0.2, 0.25) is 5.91 Å². The number of aromatic nitrogens is 1. The smallest absolute Gasteiger partial charge is 0.265 e. The van der Waals surface area contributed by atoms with Crippen molar-refractivity contribution in [2.24, 2.45) is 0 Å². The second-order valence-corrected chi connectivity index (χ2v) is 8.72. The summed E-state index contributed by atoms with van der Waals surface area (Å²) in [6.45, 7) is 0. The summed E-state index contributed by atoms with van der Waals surface area (Å²) in [5.41, 5.74) is 2.27. The Morgan fingerprint density at radius 2 is 1.65 bits per heavy atom. The van der Waals surface area contributed by atoms with Crippen LogP contribution in [0.1, 0.15) is 20.5 Å². The highest BCUT2D eigenvalue weighted by molar-refractivity contribution is 8.00. The zero-order valence-electron chi connectivity index (χ0n) is 16.4. The third kappa shape index (κ3) is 5.59. The summed E-state index contributed by atoms with van der Waals surface area (Å²) in [4.78, 5) is 31.0. The van der Waals surface area contributed by atoms with Gasteiger partial charge in [0.15, 0.2) is 0 Å². The van der Waals surface area contributed by atoms with Crippen molar-refractivity contribution in [2.45, 2.75) is 10.1 Å². The molecule has 0 bridgehead atoms. The van der Waals surface area contributed by atoms with E-state index in [0.29, 0.717) is 16.3 Å². The van der Waals surface area contributed by atoms with Gasteiger partial charge in [-0.05, 0) is 47.3 Å². The van der Waals surface area contributed by atoms with Crippen LogP contribution in [0, 0.1) is 0 Å². The van der Waals surface area contributed by atoms with Gasteiger partial charge >= 0.3 is 0 Å². The fourth-order valence-corrected chi connectivity index (χ4v) is 4.63. The van der Waals surface area contributed by atoms with Crippen molar-refractivity contribution in [1.82, 2.24) is 4.98 Å². The number of carbonyl (C=O) groups excluding carboxylic acids is 2. The van der Waals surface area contributed by atoms with Gasteiger partial charge in [-0.1, -0.05) is 42.5 Å². The second kappa shape index (κ2) is 10.1. The van der Waals surface area contributed by atoms with Crippen LogP contribution in [-0.4, -0.2) is 16.8 Å². The largest absolute Gasteiger partial charge is 0.325 e. The Hall–Kier alpha value is -3.42. The Kier molecular flexibility index (Phi) is 6.76. The molecule has 31 heavy (non-hydrogen) atoms. The number of rotatable bonds is 7. The van der Waals surface area contributed by atoms with Crippen molar-refractivity contribution < 1.29 is 9.59 Å². The van der Waals surface area contributed by atoms with Crippen LogP contribution >= 0.6 is 23.1 Å². The molecule has 0 spiro atoms. The standard InChI is InChI=1S/C24H19N3O2S2/c28-23(21-10-5-15-30-21)27-19-8-4-9-20(16-19)31-22(17-6-2-1-3-7-17)24(29)26-18-11-13-25-14-12-18/h1-16,22H,(H,27,28)(H,25,26,29). The van der Waals surface area contributed by atoms with E-state index in [0.717, 1.165) is 10.5 Å². The maximum absolute atomic E-state index is 13.1. The van der Waals surface area contributed by atoms with Crippen molar-refractivity contribution in [3.05, 3.63) is 107 Å². The fraction of sp³-hybridized carbons (Fsp3) is 0.0417. The summed E-state index contributed by atoms with van der Waals surface area (Å²) in [7, 11) is 0. The SMILES string of the molecule is O=C(Nc1cccc(SC(C(=O)Nc2ccncc2)c2ccccc2)c1)c1cccs1. The minimum Gasteiger partial charge on any atom is -0.325 e. The lowest BCUT2D eigenvalue weighted by molar-refractivity contribution is -0.115. The highest BCUT2D eigenvalue weighted by atomic mass is 32.2. The Labute approximate surface area is 188 Å². The molecule has 1 unspecified atom stereocenters. The molecule has 2 heterocycles. The van der Waals surface area contributed by atoms with Crippen molar-refractivity contribution in [3.8, 4) is 0 Å². The minimum atomic E-state index is -0.461. The molecule has 0 saturated heterocycles. The first kappa shape index (κ1) is 20.8. The average Bonchev–Trinajstić information content (AvgIpc) is 3.34. The minimum absolute atomic E-state index is 0.129. The molecule has 1 atom stereocenters. The van der Waals surface area contributed by atoms with E-state index in [1.54, 1.807) is 30.6 Å². The molecular weight excluding hydrogens is 426 g/mol. The summed E-state index contributed by atoms with van der Waals surface area (Å²) in [6, 6.07) is 24.3. The van der Waals surface area contributed by atoms with E-state index >= 15 is 0 Å². The molecule has 2 amide bonds. The Morgan fingerprint density at radius 1 is 0.839 bits per heavy atom. The zero-order valence-corrected chi connectivity index (χ0v) is 18.0. The van der Waals surface area contributed by atoms with Gasteiger partial charge in [-0.3, -0.25) is 14.6 Å². The molecular formula is C24H19N3O2S2. The predicted octanol–water partition coefficient (Wildman–Crippen LogP) is 5.87. The molecule has 0 aliphatic heterocycles. The van der Waals surface area contributed by atoms with E-state index in [2.05, 4.69) is 15.6 Å². The molecule has 154 valence electrons. The van der Waals surface area contributed by atoms with Gasteiger partial charge in [-0.2, -0.15) is 0 Å². The first-order valence-electron chi connectivity index (χ1n) is 9.56. The maximum Gasteiger partial charge on any atom is 0.265 e. The first-order chi connectivity index (χ1) is 15.2. The molecule has 0 aliphatic carbocycles. The van der Waals surface area contributed by atoms with Gasteiger partial charge in [0.1, 0.15) is 5.25 Å². The Bertz CT molecular complexity index is 1150. The van der Waals surface area contributed by atoms with Gasteiger partial charge < -0.3 is 10.6 Å². The Balaban J connectivity index is 1.54. The Morgan fingerprint density at radius 3 is 2.39 bits per heavy atom. The van der Waals surface area contributed by atoms with Crippen molar-refractivity contribution in [2.75, 3.05) is 10.6 Å². The van der Waals surface area contributed by atoms with Crippen LogP contribution in [0.25, 0.3) is 0 Å². The number of benzene rings is 2. The zero-order chi connectivity index (χ0) is 21.5. The number of hydrogen-bond donors (Lipinski definition) is 2. The quantitative estimate of drug-likeness (QED) is 0.349. The number of carbonyl (C=O) groups is 2. The molecule has 4 aromatic rings. The molecule has 0 aliphatic rings. The normalized spacial score (nSPS) is 11.5. The maximum atomic E-state index is 13.1. The van der Waals surface area contributed by atoms with Crippen LogP contribution in [0.4, 0.5) is 11.4 Å². The number of hydrogen-bond acceptors (Lipinski definition) is 5. The number of nitrogens with zero attached hydrogens (tertiary/aromatic N) is 1. The van der Waals surface area contributed by atoms with Crippen LogP contribution in [0.15, 0.2) is 102 Å². The lowest BCUT2D eigenvalue weighted by atomic mass is 10.1. The average molecular weight is 446 g/mol. The highest BCUT2D eigenvalue weighted by Crippen LogP contribution is 2.37. The van der Waals surface area contributed by atoms with E-state index in [-0.39, 0.29) is 11.8 Å². The number of anilines is 2. The highest BCUT2D eigenvalue weighted by Gasteiger charge is 2.22. The topological polar surface area (TPSA) is 71.1 Å². The van der Waals surface area contributed by atoms with E-state index in [9.17, 15) is 9.59 Å². The number of pyridine rings is 1. The van der Waals surface area contributed by atoms with Crippen LogP contribution in [0.3, 0.4) is 0 Å². The van der Waals surface area contributed by atoms with Crippen LogP contribution in [0.2, 0.25) is 0 Å². The number of amides is 2. The number of thiophene rings is 1. The first-order valence-corrected chi connectivity index (χ1v) is 11.3. The molecule has 7 heteroatoms. The van der Waals surface area contributed by atoms with E-state index in [1.165, 1.54) is 23.1 Å². The molecule has 2 aromatic carbocycles. The molecule has 2 N–H and O–H groups in total. The number of thioether (sulfide) groups is 1. The lowest BCUT2D eigenvalue weighted by Gasteiger charge is -2.17. The van der Waals surface area contributed by atoms with E-state index in [1.807, 2.05) is 66.0 Å². The van der Waals surface area contributed by atoms with Gasteiger partial charge in [-0.15, -0.1) is 23.1 Å². The fourth-order valence-electron chi connectivity index (χ4n) is 2.93. The summed E-state index contributed by atoms with van der Waals surface area (Å²) in [5, 5.41) is 7.28. The lowest BCUT2D eigenvalue weighted by Crippen LogP contribution is -2.19. The van der Waals surface area contributed by atoms with Crippen LogP contribution in [-0.2, 0) is 4.79 Å².